The number of hydrogen-bond donors (Lipinski definition) is 5. The fourth-order valence-electron chi connectivity index (χ4n) is 4.95. The van der Waals surface area contributed by atoms with E-state index in [0.29, 0.717) is 36.7 Å². The molecule has 4 aromatic heterocycles. The van der Waals surface area contributed by atoms with Crippen molar-refractivity contribution in [2.75, 3.05) is 0 Å². The number of imidazole rings is 1. The number of aromatic carboxylic acids is 1. The van der Waals surface area contributed by atoms with Crippen molar-refractivity contribution in [1.82, 2.24) is 34.8 Å². The molecule has 0 fully saturated rings. The molecule has 7 rings (SSSR count). The van der Waals surface area contributed by atoms with E-state index in [9.17, 15) is 24.6 Å². The summed E-state index contributed by atoms with van der Waals surface area (Å²) in [5.41, 5.74) is 10.5. The lowest BCUT2D eigenvalue weighted by Gasteiger charge is -2.14. The Morgan fingerprint density at radius 2 is 1.98 bits per heavy atom. The molecule has 1 aliphatic carbocycles. The van der Waals surface area contributed by atoms with Gasteiger partial charge in [0.1, 0.15) is 16.9 Å². The van der Waals surface area contributed by atoms with Gasteiger partial charge >= 0.3 is 11.7 Å². The number of nitrogens with two attached hydrogens (primary N) is 1. The van der Waals surface area contributed by atoms with Crippen molar-refractivity contribution in [3.05, 3.63) is 93.2 Å². The molecule has 0 radical (unpaired) electrons. The van der Waals surface area contributed by atoms with Crippen LogP contribution >= 0.6 is 12.4 Å². The fraction of sp³-hybridized carbons (Fsp3) is 0.179. The molecule has 0 saturated carbocycles. The minimum atomic E-state index is -1.29. The Kier molecular flexibility index (Phi) is 8.15. The third-order valence-corrected chi connectivity index (χ3v) is 6.91. The van der Waals surface area contributed by atoms with Crippen LogP contribution in [0.2, 0.25) is 0 Å². The monoisotopic (exact) mass is 620 g/mol. The number of benzene rings is 2. The molecular formula is C28H25ClN8O7. The van der Waals surface area contributed by atoms with Gasteiger partial charge in [0.2, 0.25) is 11.7 Å². The van der Waals surface area contributed by atoms with Gasteiger partial charge in [-0.2, -0.15) is 4.98 Å². The van der Waals surface area contributed by atoms with Crippen LogP contribution in [0.15, 0.2) is 62.4 Å². The van der Waals surface area contributed by atoms with E-state index in [0.717, 1.165) is 44.5 Å². The van der Waals surface area contributed by atoms with Crippen LogP contribution in [0.25, 0.3) is 28.3 Å². The summed E-state index contributed by atoms with van der Waals surface area (Å²) in [6.45, 7) is 2.38. The molecule has 1 aliphatic rings. The summed E-state index contributed by atoms with van der Waals surface area (Å²) < 4.78 is 10.9. The lowest BCUT2D eigenvalue weighted by atomic mass is 10.0. The van der Waals surface area contributed by atoms with E-state index < -0.39 is 23.5 Å². The van der Waals surface area contributed by atoms with Crippen LogP contribution in [0.5, 0.6) is 5.88 Å². The van der Waals surface area contributed by atoms with Gasteiger partial charge in [0.05, 0.1) is 12.2 Å². The number of aromatic nitrogens is 6. The SMILES string of the molecule is Cc1nc2cc(CN)ccc2o1.Cl.O=C(N[C@H]1CCc2cc(-c3noc(=O)[nH]3)ccc21)c1cc(C(=O)O)n2cc(O)nc2n1. The number of carbonyl (C=O) groups excluding carboxylic acids is 1. The number of H-pyrrole nitrogens is 1. The number of carboxylic acids is 1. The topological polar surface area (TPSA) is 228 Å². The molecule has 2 aromatic carbocycles. The molecule has 16 heteroatoms. The third-order valence-electron chi connectivity index (χ3n) is 6.91. The molecule has 1 amide bonds. The Labute approximate surface area is 253 Å². The minimum absolute atomic E-state index is 0. The van der Waals surface area contributed by atoms with E-state index in [1.165, 1.54) is 0 Å². The second-order valence-corrected chi connectivity index (χ2v) is 9.76. The first-order chi connectivity index (χ1) is 20.7. The van der Waals surface area contributed by atoms with E-state index in [1.807, 2.05) is 37.3 Å². The van der Waals surface area contributed by atoms with Gasteiger partial charge in [0.25, 0.3) is 5.91 Å². The maximum absolute atomic E-state index is 12.8. The highest BCUT2D eigenvalue weighted by molar-refractivity contribution is 5.96. The maximum Gasteiger partial charge on any atom is 0.439 e. The largest absolute Gasteiger partial charge is 0.492 e. The van der Waals surface area contributed by atoms with Crippen LogP contribution in [-0.2, 0) is 13.0 Å². The predicted octanol–water partition coefficient (Wildman–Crippen LogP) is 2.91. The van der Waals surface area contributed by atoms with Gasteiger partial charge in [-0.15, -0.1) is 12.4 Å². The molecule has 6 N–H and O–H groups in total. The summed E-state index contributed by atoms with van der Waals surface area (Å²) >= 11 is 0. The van der Waals surface area contributed by atoms with Crippen LogP contribution in [0.4, 0.5) is 0 Å². The Morgan fingerprint density at radius 3 is 2.70 bits per heavy atom. The number of amides is 1. The van der Waals surface area contributed by atoms with Crippen LogP contribution in [0, 0.1) is 6.92 Å². The molecule has 0 aliphatic heterocycles. The molecule has 0 bridgehead atoms. The molecule has 0 spiro atoms. The molecule has 1 atom stereocenters. The normalized spacial score (nSPS) is 13.6. The van der Waals surface area contributed by atoms with Crippen molar-refractivity contribution in [2.45, 2.75) is 32.4 Å². The standard InChI is InChI=1S/C19H14N6O6.C9H10N2O.ClH/c26-14-7-25-13(17(28)29)6-12(21-18(25)22-14)16(27)20-11-4-2-8-5-9(1-3-10(8)11)15-23-19(30)31-24-15;1-6-11-8-4-7(5-10)2-3-9(8)12-6;/h1,3,5-7,11,26H,2,4H2,(H,20,27)(H,28,29)(H,23,24,30);2-4H,5,10H2,1H3;1H/t11-;;/m0../s1. The van der Waals surface area contributed by atoms with Gasteiger partial charge in [-0.05, 0) is 47.7 Å². The predicted molar refractivity (Wildman–Crippen MR) is 157 cm³/mol. The van der Waals surface area contributed by atoms with Crippen LogP contribution in [0.3, 0.4) is 0 Å². The molecule has 226 valence electrons. The first-order valence-corrected chi connectivity index (χ1v) is 13.1. The highest BCUT2D eigenvalue weighted by Crippen LogP contribution is 2.33. The number of fused-ring (bicyclic) bond motifs is 3. The average Bonchev–Trinajstić information content (AvgIpc) is 3.77. The van der Waals surface area contributed by atoms with Crippen molar-refractivity contribution >= 4 is 41.2 Å². The van der Waals surface area contributed by atoms with Crippen molar-refractivity contribution in [3.8, 4) is 17.3 Å². The number of nitrogens with one attached hydrogen (secondary N) is 2. The van der Waals surface area contributed by atoms with E-state index >= 15 is 0 Å². The Morgan fingerprint density at radius 1 is 1.16 bits per heavy atom. The number of aromatic amines is 1. The highest BCUT2D eigenvalue weighted by Gasteiger charge is 2.26. The van der Waals surface area contributed by atoms with Gasteiger partial charge in [0.15, 0.2) is 17.3 Å². The third kappa shape index (κ3) is 5.86. The average molecular weight is 621 g/mol. The molecular weight excluding hydrogens is 596 g/mol. The van der Waals surface area contributed by atoms with E-state index in [2.05, 4.69) is 34.9 Å². The maximum atomic E-state index is 12.8. The number of rotatable bonds is 5. The Balaban J connectivity index is 0.000000248. The van der Waals surface area contributed by atoms with E-state index in [1.54, 1.807) is 6.07 Å². The smallest absolute Gasteiger partial charge is 0.439 e. The van der Waals surface area contributed by atoms with Crippen LogP contribution in [0.1, 0.15) is 56.0 Å². The summed E-state index contributed by atoms with van der Waals surface area (Å²) in [4.78, 5) is 50.0. The van der Waals surface area contributed by atoms with Gasteiger partial charge in [-0.3, -0.25) is 18.7 Å². The summed E-state index contributed by atoms with van der Waals surface area (Å²) in [5.74, 6) is -1.97. The molecule has 0 unspecified atom stereocenters. The molecule has 15 nitrogen and oxygen atoms in total. The van der Waals surface area contributed by atoms with Gasteiger partial charge in [-0.25, -0.2) is 19.6 Å². The zero-order chi connectivity index (χ0) is 30.2. The molecule has 44 heavy (non-hydrogen) atoms. The second-order valence-electron chi connectivity index (χ2n) is 9.76. The van der Waals surface area contributed by atoms with Crippen LogP contribution in [-0.4, -0.2) is 51.6 Å². The number of carbonyl (C=O) groups is 2. The summed E-state index contributed by atoms with van der Waals surface area (Å²) in [6.07, 6.45) is 2.44. The zero-order valence-electron chi connectivity index (χ0n) is 23.0. The Bertz CT molecular complexity index is 2080. The number of hydrogen-bond acceptors (Lipinski definition) is 11. The summed E-state index contributed by atoms with van der Waals surface area (Å²) in [6, 6.07) is 12.1. The quantitative estimate of drug-likeness (QED) is 0.187. The number of oxazole rings is 1. The first-order valence-electron chi connectivity index (χ1n) is 13.1. The highest BCUT2D eigenvalue weighted by atomic mass is 35.5. The van der Waals surface area contributed by atoms with Crippen molar-refractivity contribution in [3.63, 3.8) is 0 Å². The first kappa shape index (κ1) is 29.9. The summed E-state index contributed by atoms with van der Waals surface area (Å²) in [5, 5.41) is 25.5. The zero-order valence-corrected chi connectivity index (χ0v) is 23.8. The van der Waals surface area contributed by atoms with Crippen LogP contribution < -0.4 is 16.8 Å². The molecule has 0 saturated heterocycles. The van der Waals surface area contributed by atoms with E-state index in [-0.39, 0.29) is 35.6 Å². The lowest BCUT2D eigenvalue weighted by molar-refractivity contribution is 0.0688. The fourth-order valence-corrected chi connectivity index (χ4v) is 4.95. The second kappa shape index (κ2) is 12.0. The van der Waals surface area contributed by atoms with Gasteiger partial charge in [0, 0.05) is 25.1 Å². The lowest BCUT2D eigenvalue weighted by Crippen LogP contribution is -2.28. The number of nitrogens with zero attached hydrogens (tertiary/aromatic N) is 5. The molecule has 6 aromatic rings. The van der Waals surface area contributed by atoms with Crippen molar-refractivity contribution in [2.24, 2.45) is 5.73 Å². The van der Waals surface area contributed by atoms with Gasteiger partial charge < -0.3 is 25.7 Å². The van der Waals surface area contributed by atoms with Gasteiger partial charge in [-0.1, -0.05) is 23.4 Å². The number of aryl methyl sites for hydroxylation is 2. The van der Waals surface area contributed by atoms with Crippen molar-refractivity contribution < 1.29 is 28.7 Å². The van der Waals surface area contributed by atoms with E-state index in [4.69, 9.17) is 10.2 Å². The summed E-state index contributed by atoms with van der Waals surface area (Å²) in [7, 11) is 0. The number of halogens is 1. The molecule has 4 heterocycles. The van der Waals surface area contributed by atoms with Crippen molar-refractivity contribution in [1.29, 1.82) is 0 Å². The Hall–Kier alpha value is -5.54. The minimum Gasteiger partial charge on any atom is -0.492 e. The number of aromatic hydroxyl groups is 1. The number of carboxylic acid groups (broad SMARTS) is 1.